The Morgan fingerprint density at radius 1 is 1.20 bits per heavy atom. The third kappa shape index (κ3) is 2.03. The van der Waals surface area contributed by atoms with Crippen molar-refractivity contribution in [3.05, 3.63) is 52.9 Å². The lowest BCUT2D eigenvalue weighted by molar-refractivity contribution is 0.568. The smallest absolute Gasteiger partial charge is 0.164 e. The van der Waals surface area contributed by atoms with E-state index in [4.69, 9.17) is 23.2 Å². The zero-order chi connectivity index (χ0) is 14.3. The highest BCUT2D eigenvalue weighted by molar-refractivity contribution is 6.31. The lowest BCUT2D eigenvalue weighted by Gasteiger charge is -2.09. The van der Waals surface area contributed by atoms with Crippen LogP contribution in [0.1, 0.15) is 5.82 Å². The SMILES string of the molecule is Fc1cccc(F)c1-n1c(CCl)nc2cc(Cl)cnc21. The number of hydrogen-bond donors (Lipinski definition) is 0. The number of nitrogens with zero attached hydrogens (tertiary/aromatic N) is 3. The Labute approximate surface area is 122 Å². The van der Waals surface area contributed by atoms with E-state index >= 15 is 0 Å². The topological polar surface area (TPSA) is 30.7 Å². The summed E-state index contributed by atoms with van der Waals surface area (Å²) in [6.45, 7) is 0. The van der Waals surface area contributed by atoms with E-state index < -0.39 is 11.6 Å². The molecule has 0 amide bonds. The summed E-state index contributed by atoms with van der Waals surface area (Å²) in [6, 6.07) is 5.18. The van der Waals surface area contributed by atoms with Gasteiger partial charge in [-0.1, -0.05) is 17.7 Å². The number of halogens is 4. The van der Waals surface area contributed by atoms with Gasteiger partial charge in [0.2, 0.25) is 0 Å². The van der Waals surface area contributed by atoms with Gasteiger partial charge in [-0.15, -0.1) is 11.6 Å². The number of rotatable bonds is 2. The summed E-state index contributed by atoms with van der Waals surface area (Å²) in [5.41, 5.74) is 0.477. The maximum absolute atomic E-state index is 14.0. The zero-order valence-corrected chi connectivity index (χ0v) is 11.5. The molecule has 0 N–H and O–H groups in total. The van der Waals surface area contributed by atoms with Crippen LogP contribution >= 0.6 is 23.2 Å². The maximum atomic E-state index is 14.0. The van der Waals surface area contributed by atoms with Crippen molar-refractivity contribution in [3.8, 4) is 5.69 Å². The summed E-state index contributed by atoms with van der Waals surface area (Å²) in [7, 11) is 0. The lowest BCUT2D eigenvalue weighted by atomic mass is 10.3. The molecule has 1 aromatic carbocycles. The largest absolute Gasteiger partial charge is 0.274 e. The second-order valence-corrected chi connectivity index (χ2v) is 4.77. The molecule has 0 aliphatic rings. The van der Waals surface area contributed by atoms with E-state index in [-0.39, 0.29) is 11.6 Å². The molecule has 0 unspecified atom stereocenters. The minimum Gasteiger partial charge on any atom is -0.274 e. The zero-order valence-electron chi connectivity index (χ0n) is 9.95. The van der Waals surface area contributed by atoms with E-state index in [2.05, 4.69) is 9.97 Å². The fraction of sp³-hybridized carbons (Fsp3) is 0.0769. The summed E-state index contributed by atoms with van der Waals surface area (Å²) >= 11 is 11.6. The van der Waals surface area contributed by atoms with Crippen LogP contribution in [0.4, 0.5) is 8.78 Å². The fourth-order valence-corrected chi connectivity index (χ4v) is 2.35. The number of pyridine rings is 1. The summed E-state index contributed by atoms with van der Waals surface area (Å²) in [4.78, 5) is 8.29. The Morgan fingerprint density at radius 3 is 2.55 bits per heavy atom. The van der Waals surface area contributed by atoms with Crippen molar-refractivity contribution in [1.29, 1.82) is 0 Å². The molecule has 3 rings (SSSR count). The van der Waals surface area contributed by atoms with Crippen molar-refractivity contribution in [2.24, 2.45) is 0 Å². The summed E-state index contributed by atoms with van der Waals surface area (Å²) < 4.78 is 29.2. The Bertz CT molecular complexity index is 781. The number of alkyl halides is 1. The Kier molecular flexibility index (Phi) is 3.31. The van der Waals surface area contributed by atoms with E-state index in [1.807, 2.05) is 0 Å². The van der Waals surface area contributed by atoms with Crippen molar-refractivity contribution in [2.45, 2.75) is 5.88 Å². The molecule has 0 fully saturated rings. The van der Waals surface area contributed by atoms with Gasteiger partial charge in [-0.25, -0.2) is 18.7 Å². The van der Waals surface area contributed by atoms with Gasteiger partial charge < -0.3 is 0 Å². The molecule has 3 aromatic rings. The highest BCUT2D eigenvalue weighted by atomic mass is 35.5. The van der Waals surface area contributed by atoms with Crippen LogP contribution in [0, 0.1) is 11.6 Å². The predicted octanol–water partition coefficient (Wildman–Crippen LogP) is 4.09. The molecular weight excluding hydrogens is 307 g/mol. The van der Waals surface area contributed by atoms with Crippen LogP contribution in [-0.4, -0.2) is 14.5 Å². The third-order valence-electron chi connectivity index (χ3n) is 2.81. The van der Waals surface area contributed by atoms with Gasteiger partial charge in [0.1, 0.15) is 28.7 Å². The minimum atomic E-state index is -0.715. The van der Waals surface area contributed by atoms with E-state index in [9.17, 15) is 8.78 Å². The second-order valence-electron chi connectivity index (χ2n) is 4.06. The van der Waals surface area contributed by atoms with Crippen LogP contribution in [0.15, 0.2) is 30.5 Å². The van der Waals surface area contributed by atoms with Crippen molar-refractivity contribution in [1.82, 2.24) is 14.5 Å². The molecule has 0 bridgehead atoms. The van der Waals surface area contributed by atoms with Gasteiger partial charge in [0.05, 0.1) is 10.9 Å². The van der Waals surface area contributed by atoms with E-state index in [1.165, 1.54) is 16.8 Å². The minimum absolute atomic E-state index is 0.0121. The Morgan fingerprint density at radius 2 is 1.90 bits per heavy atom. The normalized spacial score (nSPS) is 11.2. The second kappa shape index (κ2) is 5.00. The molecule has 102 valence electrons. The van der Waals surface area contributed by atoms with Crippen LogP contribution in [-0.2, 0) is 5.88 Å². The van der Waals surface area contributed by atoms with Crippen LogP contribution in [0.5, 0.6) is 0 Å². The molecule has 7 heteroatoms. The number of benzene rings is 1. The van der Waals surface area contributed by atoms with Crippen molar-refractivity contribution >= 4 is 34.4 Å². The number of para-hydroxylation sites is 1. The molecular formula is C13H7Cl2F2N3. The quantitative estimate of drug-likeness (QED) is 0.667. The van der Waals surface area contributed by atoms with E-state index in [0.717, 1.165) is 12.1 Å². The van der Waals surface area contributed by atoms with Crippen LogP contribution < -0.4 is 0 Å². The number of fused-ring (bicyclic) bond motifs is 1. The maximum Gasteiger partial charge on any atom is 0.164 e. The van der Waals surface area contributed by atoms with E-state index in [0.29, 0.717) is 22.0 Å². The standard InChI is InChI=1S/C13H7Cl2F2N3/c14-5-11-19-10-4-7(15)6-18-13(10)20(11)12-8(16)2-1-3-9(12)17/h1-4,6H,5H2. The number of hydrogen-bond acceptors (Lipinski definition) is 2. The molecule has 0 saturated heterocycles. The Balaban J connectivity index is 2.40. The van der Waals surface area contributed by atoms with Crippen LogP contribution in [0.25, 0.3) is 16.9 Å². The first-order valence-electron chi connectivity index (χ1n) is 5.65. The van der Waals surface area contributed by atoms with Crippen molar-refractivity contribution in [3.63, 3.8) is 0 Å². The molecule has 2 heterocycles. The van der Waals surface area contributed by atoms with Crippen LogP contribution in [0.3, 0.4) is 0 Å². The molecule has 0 saturated carbocycles. The van der Waals surface area contributed by atoms with Gasteiger partial charge in [0.15, 0.2) is 5.65 Å². The number of imidazole rings is 1. The van der Waals surface area contributed by atoms with Gasteiger partial charge in [0.25, 0.3) is 0 Å². The number of aromatic nitrogens is 3. The monoisotopic (exact) mass is 313 g/mol. The highest BCUT2D eigenvalue weighted by Gasteiger charge is 2.19. The summed E-state index contributed by atoms with van der Waals surface area (Å²) in [5.74, 6) is -1.15. The average molecular weight is 314 g/mol. The molecule has 0 atom stereocenters. The van der Waals surface area contributed by atoms with Gasteiger partial charge in [-0.2, -0.15) is 0 Å². The first kappa shape index (κ1) is 13.3. The highest BCUT2D eigenvalue weighted by Crippen LogP contribution is 2.26. The predicted molar refractivity (Wildman–Crippen MR) is 73.3 cm³/mol. The summed E-state index contributed by atoms with van der Waals surface area (Å²) in [6.07, 6.45) is 1.39. The van der Waals surface area contributed by atoms with Gasteiger partial charge in [0, 0.05) is 6.20 Å². The summed E-state index contributed by atoms with van der Waals surface area (Å²) in [5, 5.41) is 0.386. The fourth-order valence-electron chi connectivity index (χ4n) is 2.01. The molecule has 0 aliphatic heterocycles. The molecule has 0 spiro atoms. The first-order valence-corrected chi connectivity index (χ1v) is 6.56. The van der Waals surface area contributed by atoms with Crippen molar-refractivity contribution in [2.75, 3.05) is 0 Å². The third-order valence-corrected chi connectivity index (χ3v) is 3.26. The first-order chi connectivity index (χ1) is 9.61. The lowest BCUT2D eigenvalue weighted by Crippen LogP contribution is -2.05. The van der Waals surface area contributed by atoms with Crippen molar-refractivity contribution < 1.29 is 8.78 Å². The molecule has 3 nitrogen and oxygen atoms in total. The molecule has 0 radical (unpaired) electrons. The average Bonchev–Trinajstić information content (AvgIpc) is 2.76. The van der Waals surface area contributed by atoms with Gasteiger partial charge in [-0.3, -0.25) is 4.57 Å². The van der Waals surface area contributed by atoms with Gasteiger partial charge >= 0.3 is 0 Å². The molecule has 0 aliphatic carbocycles. The van der Waals surface area contributed by atoms with E-state index in [1.54, 1.807) is 6.07 Å². The van der Waals surface area contributed by atoms with Gasteiger partial charge in [-0.05, 0) is 18.2 Å². The molecule has 20 heavy (non-hydrogen) atoms. The Hall–Kier alpha value is -1.72. The van der Waals surface area contributed by atoms with Crippen LogP contribution in [0.2, 0.25) is 5.02 Å². The molecule has 2 aromatic heterocycles.